The summed E-state index contributed by atoms with van der Waals surface area (Å²) < 4.78 is 20.8. The van der Waals surface area contributed by atoms with Crippen molar-refractivity contribution in [1.29, 1.82) is 0 Å². The molecule has 0 bridgehead atoms. The number of halogens is 1. The van der Waals surface area contributed by atoms with Crippen molar-refractivity contribution in [3.63, 3.8) is 0 Å². The fraction of sp³-hybridized carbons (Fsp3) is 0.222. The van der Waals surface area contributed by atoms with E-state index in [2.05, 4.69) is 28.2 Å². The van der Waals surface area contributed by atoms with Crippen molar-refractivity contribution >= 4 is 16.8 Å². The summed E-state index contributed by atoms with van der Waals surface area (Å²) in [6, 6.07) is 22.5. The first-order valence-electron chi connectivity index (χ1n) is 10.9. The van der Waals surface area contributed by atoms with Gasteiger partial charge in [-0.05, 0) is 60.4 Å². The molecule has 0 atom stereocenters. The topological polar surface area (TPSA) is 43.3 Å². The largest absolute Gasteiger partial charge is 0.494 e. The monoisotopic (exact) mass is 430 g/mol. The number of fused-ring (bicyclic) bond motifs is 1. The molecule has 0 saturated heterocycles. The lowest BCUT2D eigenvalue weighted by atomic mass is 10.1. The van der Waals surface area contributed by atoms with Crippen molar-refractivity contribution in [2.75, 3.05) is 6.61 Å². The number of para-hydroxylation sites is 1. The highest BCUT2D eigenvalue weighted by atomic mass is 19.1. The Kier molecular flexibility index (Phi) is 6.85. The van der Waals surface area contributed by atoms with Crippen molar-refractivity contribution in [1.82, 2.24) is 9.88 Å². The van der Waals surface area contributed by atoms with Gasteiger partial charge in [-0.2, -0.15) is 0 Å². The first-order valence-corrected chi connectivity index (χ1v) is 10.9. The predicted octanol–water partition coefficient (Wildman–Crippen LogP) is 5.48. The van der Waals surface area contributed by atoms with Gasteiger partial charge in [0.15, 0.2) is 0 Å². The SMILES string of the molecule is CCOc1ccc(CNC(=O)CCc2cn(Cc3ccc(F)cc3)c3ccccc23)cc1. The summed E-state index contributed by atoms with van der Waals surface area (Å²) in [5.41, 5.74) is 4.32. The molecule has 4 rings (SSSR count). The van der Waals surface area contributed by atoms with E-state index >= 15 is 0 Å². The van der Waals surface area contributed by atoms with Crippen LogP contribution in [0.1, 0.15) is 30.0 Å². The van der Waals surface area contributed by atoms with Crippen molar-refractivity contribution in [3.05, 3.63) is 102 Å². The Bertz CT molecular complexity index is 1180. The molecule has 0 unspecified atom stereocenters. The number of rotatable bonds is 9. The molecule has 5 heteroatoms. The molecule has 0 aliphatic heterocycles. The molecule has 0 aliphatic rings. The van der Waals surface area contributed by atoms with E-state index in [0.717, 1.165) is 33.3 Å². The summed E-state index contributed by atoms with van der Waals surface area (Å²) in [6.07, 6.45) is 3.18. The highest BCUT2D eigenvalue weighted by Gasteiger charge is 2.11. The Hall–Kier alpha value is -3.60. The Morgan fingerprint density at radius 1 is 0.969 bits per heavy atom. The van der Waals surface area contributed by atoms with Gasteiger partial charge in [0.2, 0.25) is 5.91 Å². The first kappa shape index (κ1) is 21.6. The van der Waals surface area contributed by atoms with Crippen LogP contribution in [0.25, 0.3) is 10.9 Å². The van der Waals surface area contributed by atoms with Crippen LogP contribution in [0.3, 0.4) is 0 Å². The summed E-state index contributed by atoms with van der Waals surface area (Å²) in [7, 11) is 0. The molecule has 1 heterocycles. The van der Waals surface area contributed by atoms with Crippen molar-refractivity contribution in [2.45, 2.75) is 32.9 Å². The molecule has 1 N–H and O–H groups in total. The zero-order chi connectivity index (χ0) is 22.3. The van der Waals surface area contributed by atoms with Gasteiger partial charge < -0.3 is 14.6 Å². The summed E-state index contributed by atoms with van der Waals surface area (Å²) in [5, 5.41) is 4.15. The van der Waals surface area contributed by atoms with Crippen LogP contribution in [-0.4, -0.2) is 17.1 Å². The predicted molar refractivity (Wildman–Crippen MR) is 125 cm³/mol. The van der Waals surface area contributed by atoms with Crippen molar-refractivity contribution in [3.8, 4) is 5.75 Å². The van der Waals surface area contributed by atoms with E-state index in [9.17, 15) is 9.18 Å². The number of carbonyl (C=O) groups is 1. The van der Waals surface area contributed by atoms with E-state index in [1.54, 1.807) is 12.1 Å². The maximum Gasteiger partial charge on any atom is 0.220 e. The zero-order valence-electron chi connectivity index (χ0n) is 18.2. The first-order chi connectivity index (χ1) is 15.6. The second-order valence-electron chi connectivity index (χ2n) is 7.78. The number of benzene rings is 3. The molecular weight excluding hydrogens is 403 g/mol. The maximum absolute atomic E-state index is 13.2. The molecule has 4 nitrogen and oxygen atoms in total. The standard InChI is InChI=1S/C27H27FN2O2/c1-2-32-24-14-9-20(10-15-24)17-29-27(31)16-11-22-19-30(26-6-4-3-5-25(22)26)18-21-7-12-23(28)13-8-21/h3-10,12-15,19H,2,11,16-18H2,1H3,(H,29,31). The van der Waals surface area contributed by atoms with Crippen LogP contribution >= 0.6 is 0 Å². The molecule has 164 valence electrons. The van der Waals surface area contributed by atoms with E-state index in [-0.39, 0.29) is 11.7 Å². The van der Waals surface area contributed by atoms with E-state index in [1.807, 2.05) is 43.3 Å². The molecule has 4 aromatic rings. The molecule has 0 spiro atoms. The molecule has 0 radical (unpaired) electrons. The minimum absolute atomic E-state index is 0.0225. The van der Waals surface area contributed by atoms with E-state index in [4.69, 9.17) is 4.74 Å². The molecule has 0 fully saturated rings. The number of ether oxygens (including phenoxy) is 1. The van der Waals surface area contributed by atoms with Gasteiger partial charge in [0.25, 0.3) is 0 Å². The molecular formula is C27H27FN2O2. The van der Waals surface area contributed by atoms with Gasteiger partial charge in [0.1, 0.15) is 11.6 Å². The Balaban J connectivity index is 1.38. The maximum atomic E-state index is 13.2. The molecule has 0 aliphatic carbocycles. The van der Waals surface area contributed by atoms with Crippen LogP contribution in [0.2, 0.25) is 0 Å². The summed E-state index contributed by atoms with van der Waals surface area (Å²) in [5.74, 6) is 0.622. The van der Waals surface area contributed by atoms with Gasteiger partial charge in [0.05, 0.1) is 6.61 Å². The smallest absolute Gasteiger partial charge is 0.220 e. The Morgan fingerprint density at radius 2 is 1.69 bits per heavy atom. The number of aryl methyl sites for hydroxylation is 1. The summed E-state index contributed by atoms with van der Waals surface area (Å²) in [6.45, 7) is 3.74. The van der Waals surface area contributed by atoms with E-state index in [0.29, 0.717) is 32.5 Å². The molecule has 3 aromatic carbocycles. The van der Waals surface area contributed by atoms with Crippen LogP contribution in [0.15, 0.2) is 79.0 Å². The quantitative estimate of drug-likeness (QED) is 0.382. The van der Waals surface area contributed by atoms with Gasteiger partial charge in [-0.3, -0.25) is 4.79 Å². The lowest BCUT2D eigenvalue weighted by Crippen LogP contribution is -2.22. The van der Waals surface area contributed by atoms with Crippen LogP contribution in [0, 0.1) is 5.82 Å². The number of amides is 1. The number of nitrogens with one attached hydrogen (secondary N) is 1. The van der Waals surface area contributed by atoms with Crippen LogP contribution in [0.5, 0.6) is 5.75 Å². The highest BCUT2D eigenvalue weighted by molar-refractivity contribution is 5.85. The number of hydrogen-bond donors (Lipinski definition) is 1. The molecule has 0 saturated carbocycles. The molecule has 32 heavy (non-hydrogen) atoms. The van der Waals surface area contributed by atoms with E-state index < -0.39 is 0 Å². The third kappa shape index (κ3) is 5.35. The second-order valence-corrected chi connectivity index (χ2v) is 7.78. The number of carbonyl (C=O) groups excluding carboxylic acids is 1. The fourth-order valence-corrected chi connectivity index (χ4v) is 3.85. The molecule has 1 amide bonds. The number of hydrogen-bond acceptors (Lipinski definition) is 2. The minimum Gasteiger partial charge on any atom is -0.494 e. The van der Waals surface area contributed by atoms with Crippen molar-refractivity contribution < 1.29 is 13.9 Å². The van der Waals surface area contributed by atoms with Crippen LogP contribution in [0.4, 0.5) is 4.39 Å². The van der Waals surface area contributed by atoms with Gasteiger partial charge in [-0.25, -0.2) is 4.39 Å². The van der Waals surface area contributed by atoms with Crippen LogP contribution in [-0.2, 0) is 24.3 Å². The van der Waals surface area contributed by atoms with Gasteiger partial charge >= 0.3 is 0 Å². The third-order valence-corrected chi connectivity index (χ3v) is 5.48. The fourth-order valence-electron chi connectivity index (χ4n) is 3.85. The van der Waals surface area contributed by atoms with Gasteiger partial charge in [0, 0.05) is 36.6 Å². The normalized spacial score (nSPS) is 10.9. The number of aromatic nitrogens is 1. The van der Waals surface area contributed by atoms with Crippen molar-refractivity contribution in [2.24, 2.45) is 0 Å². The summed E-state index contributed by atoms with van der Waals surface area (Å²) >= 11 is 0. The van der Waals surface area contributed by atoms with Gasteiger partial charge in [-0.1, -0.05) is 42.5 Å². The molecule has 1 aromatic heterocycles. The van der Waals surface area contributed by atoms with Gasteiger partial charge in [-0.15, -0.1) is 0 Å². The Morgan fingerprint density at radius 3 is 2.44 bits per heavy atom. The minimum atomic E-state index is -0.233. The lowest BCUT2D eigenvalue weighted by molar-refractivity contribution is -0.121. The zero-order valence-corrected chi connectivity index (χ0v) is 18.2. The van der Waals surface area contributed by atoms with E-state index in [1.165, 1.54) is 12.1 Å². The highest BCUT2D eigenvalue weighted by Crippen LogP contribution is 2.24. The average Bonchev–Trinajstić information content (AvgIpc) is 3.16. The van der Waals surface area contributed by atoms with Crippen LogP contribution < -0.4 is 10.1 Å². The summed E-state index contributed by atoms with van der Waals surface area (Å²) in [4.78, 5) is 12.4. The number of nitrogens with zero attached hydrogens (tertiary/aromatic N) is 1. The average molecular weight is 431 g/mol. The third-order valence-electron chi connectivity index (χ3n) is 5.48. The Labute approximate surface area is 187 Å². The second kappa shape index (κ2) is 10.1. The lowest BCUT2D eigenvalue weighted by Gasteiger charge is -2.07.